The van der Waals surface area contributed by atoms with Crippen molar-refractivity contribution in [3.63, 3.8) is 0 Å². The maximum atomic E-state index is 13.1. The SMILES string of the molecule is CC(C)(C)[Si](C)(C)N1C(=O)[C@@H]2[C@H]1[C@H](OS(=O)(=O)C(F)(F)F)CN2OC(=O)OCc1ccccc1. The van der Waals surface area contributed by atoms with Gasteiger partial charge in [0.2, 0.25) is 5.91 Å². The molecule has 0 aliphatic carbocycles. The molecule has 2 heterocycles. The minimum Gasteiger partial charge on any atom is -0.428 e. The van der Waals surface area contributed by atoms with E-state index < -0.39 is 60.7 Å². The minimum atomic E-state index is -5.94. The predicted molar refractivity (Wildman–Crippen MR) is 116 cm³/mol. The molecular formula is C20H27F3N2O7SSi. The molecule has 0 saturated carbocycles. The van der Waals surface area contributed by atoms with Crippen molar-refractivity contribution in [2.45, 2.75) is 69.2 Å². The summed E-state index contributed by atoms with van der Waals surface area (Å²) in [7, 11) is -8.58. The summed E-state index contributed by atoms with van der Waals surface area (Å²) in [6, 6.07) is 6.45. The second kappa shape index (κ2) is 8.81. The van der Waals surface area contributed by atoms with Crippen molar-refractivity contribution in [2.75, 3.05) is 6.54 Å². The van der Waals surface area contributed by atoms with E-state index in [0.29, 0.717) is 5.56 Å². The lowest BCUT2D eigenvalue weighted by Gasteiger charge is -2.57. The summed E-state index contributed by atoms with van der Waals surface area (Å²) in [5.41, 5.74) is -4.97. The Morgan fingerprint density at radius 1 is 1.15 bits per heavy atom. The molecule has 2 fully saturated rings. The van der Waals surface area contributed by atoms with E-state index >= 15 is 0 Å². The normalized spacial score (nSPS) is 23.9. The Hall–Kier alpha value is -2.16. The Kier molecular flexibility index (Phi) is 6.85. The highest BCUT2D eigenvalue weighted by Crippen LogP contribution is 2.48. The molecule has 0 unspecified atom stereocenters. The van der Waals surface area contributed by atoms with Gasteiger partial charge in [0.1, 0.15) is 18.8 Å². The molecular weight excluding hydrogens is 497 g/mol. The molecule has 190 valence electrons. The number of hydroxylamine groups is 2. The van der Waals surface area contributed by atoms with Gasteiger partial charge in [-0.1, -0.05) is 64.2 Å². The van der Waals surface area contributed by atoms with Crippen LogP contribution in [0.4, 0.5) is 18.0 Å². The topological polar surface area (TPSA) is 102 Å². The number of ether oxygens (including phenoxy) is 1. The molecule has 34 heavy (non-hydrogen) atoms. The van der Waals surface area contributed by atoms with E-state index in [1.807, 2.05) is 33.9 Å². The van der Waals surface area contributed by atoms with Crippen LogP contribution in [-0.4, -0.2) is 68.6 Å². The molecule has 2 aliphatic heterocycles. The molecule has 0 N–H and O–H groups in total. The lowest BCUT2D eigenvalue weighted by molar-refractivity contribution is -0.179. The number of carbonyl (C=O) groups excluding carboxylic acids is 2. The van der Waals surface area contributed by atoms with Gasteiger partial charge in [0.25, 0.3) is 0 Å². The molecule has 0 radical (unpaired) electrons. The van der Waals surface area contributed by atoms with Gasteiger partial charge in [0, 0.05) is 0 Å². The van der Waals surface area contributed by atoms with E-state index in [9.17, 15) is 31.2 Å². The average Bonchev–Trinajstić information content (AvgIpc) is 2.96. The molecule has 9 nitrogen and oxygen atoms in total. The third-order valence-corrected chi connectivity index (χ3v) is 13.0. The molecule has 0 bridgehead atoms. The van der Waals surface area contributed by atoms with E-state index in [2.05, 4.69) is 4.18 Å². The second-order valence-electron chi connectivity index (χ2n) is 9.70. The number of fused-ring (bicyclic) bond motifs is 1. The van der Waals surface area contributed by atoms with Crippen LogP contribution in [0.2, 0.25) is 18.1 Å². The number of β-lactam (4-membered cyclic amide) rings is 1. The number of halogens is 3. The van der Waals surface area contributed by atoms with Crippen molar-refractivity contribution in [3.8, 4) is 0 Å². The van der Waals surface area contributed by atoms with Crippen LogP contribution < -0.4 is 0 Å². The molecule has 0 spiro atoms. The number of nitrogens with zero attached hydrogens (tertiary/aromatic N) is 2. The van der Waals surface area contributed by atoms with E-state index in [1.165, 1.54) is 4.57 Å². The highest BCUT2D eigenvalue weighted by Gasteiger charge is 2.67. The summed E-state index contributed by atoms with van der Waals surface area (Å²) in [5, 5.41) is 0.463. The van der Waals surface area contributed by atoms with Crippen LogP contribution >= 0.6 is 0 Å². The Bertz CT molecular complexity index is 1040. The fraction of sp³-hybridized carbons (Fsp3) is 0.600. The Labute approximate surface area is 196 Å². The Balaban J connectivity index is 1.81. The standard InChI is InChI=1S/C20H27F3N2O7SSi/c1-19(2,3)34(4,5)25-15-14(32-33(28,29)20(21,22)23)11-24(16(15)17(25)26)31-18(27)30-12-13-9-7-6-8-10-13/h6-10,14-16H,11-12H2,1-5H3/t14-,15-,16+/m1/s1. The first kappa shape index (κ1) is 26.4. The Morgan fingerprint density at radius 2 is 1.74 bits per heavy atom. The summed E-state index contributed by atoms with van der Waals surface area (Å²) >= 11 is 0. The molecule has 3 rings (SSSR count). The lowest BCUT2D eigenvalue weighted by Crippen LogP contribution is -2.77. The summed E-state index contributed by atoms with van der Waals surface area (Å²) < 4.78 is 73.4. The van der Waals surface area contributed by atoms with E-state index in [0.717, 1.165) is 5.06 Å². The highest BCUT2D eigenvalue weighted by molar-refractivity contribution is 7.87. The monoisotopic (exact) mass is 524 g/mol. The summed E-state index contributed by atoms with van der Waals surface area (Å²) in [6.45, 7) is 8.71. The van der Waals surface area contributed by atoms with Crippen LogP contribution in [0.25, 0.3) is 0 Å². The second-order valence-corrected chi connectivity index (χ2v) is 16.4. The number of carbonyl (C=O) groups is 2. The van der Waals surface area contributed by atoms with Crippen LogP contribution in [0.1, 0.15) is 26.3 Å². The van der Waals surface area contributed by atoms with Crippen molar-refractivity contribution in [1.29, 1.82) is 0 Å². The Morgan fingerprint density at radius 3 is 2.26 bits per heavy atom. The van der Waals surface area contributed by atoms with Crippen molar-refractivity contribution < 1.29 is 44.9 Å². The number of amides is 1. The molecule has 1 aromatic rings. The summed E-state index contributed by atoms with van der Waals surface area (Å²) in [4.78, 5) is 30.4. The molecule has 2 aliphatic rings. The molecule has 1 amide bonds. The fourth-order valence-corrected chi connectivity index (χ4v) is 6.87. The lowest BCUT2D eigenvalue weighted by atomic mass is 9.99. The van der Waals surface area contributed by atoms with E-state index in [4.69, 9.17) is 9.57 Å². The van der Waals surface area contributed by atoms with Crippen LogP contribution in [-0.2, 0) is 35.3 Å². The largest absolute Gasteiger partial charge is 0.528 e. The van der Waals surface area contributed by atoms with Crippen LogP contribution in [0.15, 0.2) is 30.3 Å². The van der Waals surface area contributed by atoms with Gasteiger partial charge < -0.3 is 14.1 Å². The zero-order chi connectivity index (χ0) is 25.7. The van der Waals surface area contributed by atoms with Crippen molar-refractivity contribution >= 4 is 30.4 Å². The number of rotatable bonds is 6. The van der Waals surface area contributed by atoms with E-state index in [-0.39, 0.29) is 11.6 Å². The molecule has 1 aromatic carbocycles. The first-order valence-electron chi connectivity index (χ1n) is 10.5. The maximum absolute atomic E-state index is 13.1. The zero-order valence-corrected chi connectivity index (χ0v) is 21.1. The molecule has 0 aromatic heterocycles. The molecule has 14 heteroatoms. The van der Waals surface area contributed by atoms with Gasteiger partial charge in [-0.05, 0) is 10.6 Å². The van der Waals surface area contributed by atoms with Gasteiger partial charge in [0.05, 0.1) is 12.6 Å². The fourth-order valence-electron chi connectivity index (χ4n) is 3.80. The van der Waals surface area contributed by atoms with Crippen molar-refractivity contribution in [3.05, 3.63) is 35.9 Å². The number of benzene rings is 1. The number of hydrogen-bond donors (Lipinski definition) is 0. The van der Waals surface area contributed by atoms with Gasteiger partial charge in [-0.25, -0.2) is 4.79 Å². The van der Waals surface area contributed by atoms with E-state index in [1.54, 1.807) is 30.3 Å². The zero-order valence-electron chi connectivity index (χ0n) is 19.3. The summed E-state index contributed by atoms with van der Waals surface area (Å²) in [6.07, 6.45) is -2.76. The number of alkyl halides is 3. The highest BCUT2D eigenvalue weighted by atomic mass is 32.2. The smallest absolute Gasteiger partial charge is 0.428 e. The maximum Gasteiger partial charge on any atom is 0.528 e. The average molecular weight is 525 g/mol. The van der Waals surface area contributed by atoms with Crippen molar-refractivity contribution in [1.82, 2.24) is 9.63 Å². The van der Waals surface area contributed by atoms with Crippen LogP contribution in [0, 0.1) is 0 Å². The van der Waals surface area contributed by atoms with Crippen LogP contribution in [0.3, 0.4) is 0 Å². The van der Waals surface area contributed by atoms with Gasteiger partial charge in [-0.2, -0.15) is 21.6 Å². The van der Waals surface area contributed by atoms with Crippen LogP contribution in [0.5, 0.6) is 0 Å². The minimum absolute atomic E-state index is 0.131. The first-order chi connectivity index (χ1) is 15.5. The molecule has 3 atom stereocenters. The molecule has 2 saturated heterocycles. The van der Waals surface area contributed by atoms with Gasteiger partial charge in [0.15, 0.2) is 8.24 Å². The summed E-state index contributed by atoms with van der Waals surface area (Å²) in [5.74, 6) is -0.469. The predicted octanol–water partition coefficient (Wildman–Crippen LogP) is 3.39. The van der Waals surface area contributed by atoms with Gasteiger partial charge >= 0.3 is 21.8 Å². The third kappa shape index (κ3) is 4.81. The quantitative estimate of drug-likeness (QED) is 0.184. The van der Waals surface area contributed by atoms with Crippen molar-refractivity contribution in [2.24, 2.45) is 0 Å². The number of hydrogen-bond acceptors (Lipinski definition) is 8. The van der Waals surface area contributed by atoms with Gasteiger partial charge in [-0.3, -0.25) is 8.98 Å². The first-order valence-corrected chi connectivity index (χ1v) is 14.8. The van der Waals surface area contributed by atoms with Gasteiger partial charge in [-0.15, -0.1) is 5.06 Å². The third-order valence-electron chi connectivity index (χ3n) is 6.53.